The SMILES string of the molecule is Cl.O=C(Oc1cc(OC(=O)c2ccccc2)c2c(CCN3CCCC3)cccc2c1)c1ccccc1. The molecule has 4 aromatic rings. The van der Waals surface area contributed by atoms with Crippen LogP contribution in [0.15, 0.2) is 91.0 Å². The van der Waals surface area contributed by atoms with Crippen LogP contribution in [0, 0.1) is 0 Å². The van der Waals surface area contributed by atoms with Gasteiger partial charge in [-0.05, 0) is 73.6 Å². The number of nitrogens with zero attached hydrogens (tertiary/aromatic N) is 1. The number of hydrogen-bond acceptors (Lipinski definition) is 5. The van der Waals surface area contributed by atoms with Crippen molar-refractivity contribution in [2.24, 2.45) is 0 Å². The predicted molar refractivity (Wildman–Crippen MR) is 143 cm³/mol. The van der Waals surface area contributed by atoms with E-state index in [1.54, 1.807) is 54.6 Å². The second-order valence-electron chi connectivity index (χ2n) is 8.75. The lowest BCUT2D eigenvalue weighted by molar-refractivity contribution is 0.0734. The van der Waals surface area contributed by atoms with Crippen molar-refractivity contribution in [1.29, 1.82) is 0 Å². The highest BCUT2D eigenvalue weighted by Gasteiger charge is 2.18. The van der Waals surface area contributed by atoms with Crippen LogP contribution in [0.4, 0.5) is 0 Å². The van der Waals surface area contributed by atoms with Crippen LogP contribution in [0.5, 0.6) is 11.5 Å². The van der Waals surface area contributed by atoms with E-state index in [1.807, 2.05) is 30.3 Å². The van der Waals surface area contributed by atoms with Gasteiger partial charge in [0.1, 0.15) is 11.5 Å². The van der Waals surface area contributed by atoms with Gasteiger partial charge in [-0.15, -0.1) is 12.4 Å². The van der Waals surface area contributed by atoms with Crippen LogP contribution < -0.4 is 9.47 Å². The first-order valence-corrected chi connectivity index (χ1v) is 12.0. The third-order valence-corrected chi connectivity index (χ3v) is 6.33. The van der Waals surface area contributed by atoms with Crippen molar-refractivity contribution in [3.05, 3.63) is 108 Å². The van der Waals surface area contributed by atoms with Gasteiger partial charge in [-0.2, -0.15) is 0 Å². The maximum absolute atomic E-state index is 13.0. The van der Waals surface area contributed by atoms with E-state index in [0.29, 0.717) is 22.6 Å². The molecule has 0 atom stereocenters. The van der Waals surface area contributed by atoms with Gasteiger partial charge in [-0.3, -0.25) is 0 Å². The molecule has 1 saturated heterocycles. The molecule has 1 aliphatic heterocycles. The number of carbonyl (C=O) groups excluding carboxylic acids is 2. The van der Waals surface area contributed by atoms with Crippen LogP contribution in [-0.2, 0) is 6.42 Å². The topological polar surface area (TPSA) is 55.8 Å². The largest absolute Gasteiger partial charge is 0.423 e. The molecule has 0 radical (unpaired) electrons. The number of carbonyl (C=O) groups is 2. The van der Waals surface area contributed by atoms with Gasteiger partial charge >= 0.3 is 11.9 Å². The summed E-state index contributed by atoms with van der Waals surface area (Å²) in [6.45, 7) is 3.20. The maximum Gasteiger partial charge on any atom is 0.343 e. The lowest BCUT2D eigenvalue weighted by Crippen LogP contribution is -2.22. The van der Waals surface area contributed by atoms with Crippen LogP contribution in [0.3, 0.4) is 0 Å². The van der Waals surface area contributed by atoms with Crippen molar-refractivity contribution in [3.8, 4) is 11.5 Å². The molecular formula is C30H28ClNO4. The Labute approximate surface area is 217 Å². The molecular weight excluding hydrogens is 474 g/mol. The first-order valence-electron chi connectivity index (χ1n) is 12.0. The normalized spacial score (nSPS) is 13.2. The number of hydrogen-bond donors (Lipinski definition) is 0. The van der Waals surface area contributed by atoms with Crippen molar-refractivity contribution >= 4 is 35.1 Å². The summed E-state index contributed by atoms with van der Waals surface area (Å²) in [7, 11) is 0. The molecule has 0 saturated carbocycles. The summed E-state index contributed by atoms with van der Waals surface area (Å²) >= 11 is 0. The van der Waals surface area contributed by atoms with E-state index in [2.05, 4.69) is 11.0 Å². The molecule has 0 amide bonds. The minimum absolute atomic E-state index is 0. The van der Waals surface area contributed by atoms with E-state index in [9.17, 15) is 9.59 Å². The van der Waals surface area contributed by atoms with Gasteiger partial charge in [-0.25, -0.2) is 9.59 Å². The summed E-state index contributed by atoms with van der Waals surface area (Å²) in [4.78, 5) is 28.1. The number of halogens is 1. The van der Waals surface area contributed by atoms with Gasteiger partial charge in [0, 0.05) is 18.0 Å². The Morgan fingerprint density at radius 2 is 1.33 bits per heavy atom. The van der Waals surface area contributed by atoms with Crippen LogP contribution in [0.2, 0.25) is 0 Å². The van der Waals surface area contributed by atoms with E-state index in [-0.39, 0.29) is 12.4 Å². The van der Waals surface area contributed by atoms with Crippen molar-refractivity contribution in [2.45, 2.75) is 19.3 Å². The van der Waals surface area contributed by atoms with Gasteiger partial charge in [-0.1, -0.05) is 54.6 Å². The maximum atomic E-state index is 13.0. The van der Waals surface area contributed by atoms with Gasteiger partial charge in [0.15, 0.2) is 0 Å². The standard InChI is InChI=1S/C30H27NO4.ClH/c32-29(23-10-3-1-4-11-23)34-26-20-25-15-9-14-22(16-19-31-17-7-8-18-31)28(25)27(21-26)35-30(33)24-12-5-2-6-13-24;/h1-6,9-15,20-21H,7-8,16-19H2;1H. The highest BCUT2D eigenvalue weighted by molar-refractivity contribution is 5.98. The zero-order valence-corrected chi connectivity index (χ0v) is 20.7. The van der Waals surface area contributed by atoms with E-state index >= 15 is 0 Å². The van der Waals surface area contributed by atoms with Gasteiger partial charge < -0.3 is 14.4 Å². The molecule has 36 heavy (non-hydrogen) atoms. The Morgan fingerprint density at radius 1 is 0.722 bits per heavy atom. The molecule has 1 fully saturated rings. The average Bonchev–Trinajstić information content (AvgIpc) is 3.42. The quantitative estimate of drug-likeness (QED) is 0.218. The summed E-state index contributed by atoms with van der Waals surface area (Å²) in [5.74, 6) is -0.189. The molecule has 0 aromatic heterocycles. The highest BCUT2D eigenvalue weighted by Crippen LogP contribution is 2.35. The fourth-order valence-corrected chi connectivity index (χ4v) is 4.54. The summed E-state index contributed by atoms with van der Waals surface area (Å²) in [5, 5.41) is 1.73. The summed E-state index contributed by atoms with van der Waals surface area (Å²) in [6, 6.07) is 27.2. The number of benzene rings is 4. The van der Waals surface area contributed by atoms with Crippen LogP contribution in [0.25, 0.3) is 10.8 Å². The smallest absolute Gasteiger partial charge is 0.343 e. The van der Waals surface area contributed by atoms with Gasteiger partial charge in [0.25, 0.3) is 0 Å². The Kier molecular flexibility index (Phi) is 8.36. The lowest BCUT2D eigenvalue weighted by Gasteiger charge is -2.17. The zero-order valence-electron chi connectivity index (χ0n) is 19.9. The molecule has 1 aliphatic rings. The molecule has 5 nitrogen and oxygen atoms in total. The Bertz CT molecular complexity index is 1340. The molecule has 4 aromatic carbocycles. The van der Waals surface area contributed by atoms with Crippen LogP contribution >= 0.6 is 12.4 Å². The third-order valence-electron chi connectivity index (χ3n) is 6.33. The Balaban J connectivity index is 0.00000304. The van der Waals surface area contributed by atoms with Crippen molar-refractivity contribution < 1.29 is 19.1 Å². The number of fused-ring (bicyclic) bond motifs is 1. The third kappa shape index (κ3) is 5.93. The van der Waals surface area contributed by atoms with Gasteiger partial charge in [0.2, 0.25) is 0 Å². The molecule has 184 valence electrons. The minimum Gasteiger partial charge on any atom is -0.423 e. The van der Waals surface area contributed by atoms with Crippen LogP contribution in [-0.4, -0.2) is 36.5 Å². The average molecular weight is 502 g/mol. The molecule has 5 rings (SSSR count). The van der Waals surface area contributed by atoms with Gasteiger partial charge in [0.05, 0.1) is 11.1 Å². The molecule has 0 aliphatic carbocycles. The van der Waals surface area contributed by atoms with E-state index in [0.717, 1.165) is 42.4 Å². The number of esters is 2. The second kappa shape index (κ2) is 11.8. The zero-order chi connectivity index (χ0) is 24.0. The molecule has 0 unspecified atom stereocenters. The molecule has 0 spiro atoms. The van der Waals surface area contributed by atoms with Crippen molar-refractivity contribution in [1.82, 2.24) is 4.90 Å². The summed E-state index contributed by atoms with van der Waals surface area (Å²) < 4.78 is 11.6. The van der Waals surface area contributed by atoms with E-state index < -0.39 is 11.9 Å². The number of rotatable bonds is 7. The monoisotopic (exact) mass is 501 g/mol. The van der Waals surface area contributed by atoms with E-state index in [1.165, 1.54) is 12.8 Å². The number of ether oxygens (including phenoxy) is 2. The summed E-state index contributed by atoms with van der Waals surface area (Å²) in [5.41, 5.74) is 2.02. The predicted octanol–water partition coefficient (Wildman–Crippen LogP) is 6.34. The molecule has 0 N–H and O–H groups in total. The van der Waals surface area contributed by atoms with Crippen LogP contribution in [0.1, 0.15) is 39.1 Å². The minimum atomic E-state index is -0.463. The molecule has 1 heterocycles. The molecule has 0 bridgehead atoms. The van der Waals surface area contributed by atoms with Crippen molar-refractivity contribution in [3.63, 3.8) is 0 Å². The number of likely N-dealkylation sites (tertiary alicyclic amines) is 1. The van der Waals surface area contributed by atoms with Crippen molar-refractivity contribution in [2.75, 3.05) is 19.6 Å². The highest BCUT2D eigenvalue weighted by atomic mass is 35.5. The second-order valence-corrected chi connectivity index (χ2v) is 8.75. The lowest BCUT2D eigenvalue weighted by atomic mass is 10.0. The fraction of sp³-hybridized carbons (Fsp3) is 0.200. The Hall–Kier alpha value is -3.67. The van der Waals surface area contributed by atoms with E-state index in [4.69, 9.17) is 9.47 Å². The first-order chi connectivity index (χ1) is 17.2. The Morgan fingerprint density at radius 3 is 1.97 bits per heavy atom. The molecule has 6 heteroatoms. The fourth-order valence-electron chi connectivity index (χ4n) is 4.54. The first kappa shape index (κ1) is 25.4. The summed E-state index contributed by atoms with van der Waals surface area (Å²) in [6.07, 6.45) is 3.33.